The van der Waals surface area contributed by atoms with E-state index < -0.39 is 0 Å². The molecule has 5 heteroatoms. The number of anilines is 2. The summed E-state index contributed by atoms with van der Waals surface area (Å²) in [6.45, 7) is 0.840. The van der Waals surface area contributed by atoms with Gasteiger partial charge in [0.15, 0.2) is 0 Å². The first-order chi connectivity index (χ1) is 9.65. The number of hydrogen-bond donors (Lipinski definition) is 1. The van der Waals surface area contributed by atoms with Crippen molar-refractivity contribution < 1.29 is 0 Å². The van der Waals surface area contributed by atoms with Gasteiger partial charge in [0.2, 0.25) is 0 Å². The second kappa shape index (κ2) is 5.42. The fourth-order valence-corrected chi connectivity index (χ4v) is 3.76. The third-order valence-corrected chi connectivity index (χ3v) is 4.91. The molecule has 20 heavy (non-hydrogen) atoms. The van der Waals surface area contributed by atoms with Gasteiger partial charge in [-0.3, -0.25) is 4.98 Å². The van der Waals surface area contributed by atoms with Crippen LogP contribution in [0.25, 0.3) is 10.9 Å². The van der Waals surface area contributed by atoms with Crippen LogP contribution in [0, 0.1) is 0 Å². The average molecular weight is 348 g/mol. The Morgan fingerprint density at radius 3 is 2.95 bits per heavy atom. The van der Waals surface area contributed by atoms with Crippen molar-refractivity contribution in [1.82, 2.24) is 4.98 Å². The molecule has 0 aliphatic rings. The predicted octanol–water partition coefficient (Wildman–Crippen LogP) is 4.28. The van der Waals surface area contributed by atoms with Crippen LogP contribution in [0.1, 0.15) is 4.88 Å². The van der Waals surface area contributed by atoms with E-state index in [4.69, 9.17) is 5.73 Å². The van der Waals surface area contributed by atoms with E-state index in [9.17, 15) is 0 Å². The predicted molar refractivity (Wildman–Crippen MR) is 90.3 cm³/mol. The standard InChI is InChI=1S/C15H14BrN3S/c1-19(8-11-7-10(16)9-20-11)14-5-4-13-12(15(14)17)3-2-6-18-13/h2-7,9H,8,17H2,1H3. The molecule has 0 spiro atoms. The number of nitrogens with zero attached hydrogens (tertiary/aromatic N) is 2. The number of nitrogens with two attached hydrogens (primary N) is 1. The first-order valence-corrected chi connectivity index (χ1v) is 7.89. The quantitative estimate of drug-likeness (QED) is 0.719. The summed E-state index contributed by atoms with van der Waals surface area (Å²) in [5.74, 6) is 0. The van der Waals surface area contributed by atoms with Crippen LogP contribution in [0.15, 0.2) is 46.4 Å². The van der Waals surface area contributed by atoms with Gasteiger partial charge in [0, 0.05) is 33.4 Å². The molecule has 0 radical (unpaired) electrons. The Balaban J connectivity index is 1.95. The minimum Gasteiger partial charge on any atom is -0.396 e. The lowest BCUT2D eigenvalue weighted by molar-refractivity contribution is 0.943. The van der Waals surface area contributed by atoms with Gasteiger partial charge < -0.3 is 10.6 Å². The zero-order chi connectivity index (χ0) is 14.1. The summed E-state index contributed by atoms with van der Waals surface area (Å²) in [4.78, 5) is 7.79. The van der Waals surface area contributed by atoms with Crippen LogP contribution in [0.2, 0.25) is 0 Å². The first kappa shape index (κ1) is 13.4. The first-order valence-electron chi connectivity index (χ1n) is 6.22. The van der Waals surface area contributed by atoms with Crippen molar-refractivity contribution in [3.8, 4) is 0 Å². The summed E-state index contributed by atoms with van der Waals surface area (Å²) in [7, 11) is 2.06. The number of nitrogen functional groups attached to an aromatic ring is 1. The minimum absolute atomic E-state index is 0.786. The molecule has 0 bridgehead atoms. The average Bonchev–Trinajstić information content (AvgIpc) is 2.84. The SMILES string of the molecule is CN(Cc1cc(Br)cs1)c1ccc2ncccc2c1N. The van der Waals surface area contributed by atoms with E-state index >= 15 is 0 Å². The summed E-state index contributed by atoms with van der Waals surface area (Å²) < 4.78 is 1.13. The van der Waals surface area contributed by atoms with Crippen molar-refractivity contribution in [1.29, 1.82) is 0 Å². The van der Waals surface area contributed by atoms with Crippen LogP contribution in [0.5, 0.6) is 0 Å². The van der Waals surface area contributed by atoms with E-state index in [1.807, 2.05) is 24.3 Å². The molecular formula is C15H14BrN3S. The van der Waals surface area contributed by atoms with Crippen molar-refractivity contribution >= 4 is 49.5 Å². The van der Waals surface area contributed by atoms with Crippen LogP contribution in [-0.2, 0) is 6.54 Å². The third kappa shape index (κ3) is 2.51. The Morgan fingerprint density at radius 2 is 2.20 bits per heavy atom. The topological polar surface area (TPSA) is 42.2 Å². The Kier molecular flexibility index (Phi) is 3.63. The molecule has 0 saturated heterocycles. The maximum absolute atomic E-state index is 6.29. The van der Waals surface area contributed by atoms with Gasteiger partial charge in [-0.05, 0) is 46.3 Å². The van der Waals surface area contributed by atoms with E-state index in [2.05, 4.69) is 44.3 Å². The van der Waals surface area contributed by atoms with Crippen LogP contribution in [0.4, 0.5) is 11.4 Å². The lowest BCUT2D eigenvalue weighted by Gasteiger charge is -2.21. The monoisotopic (exact) mass is 347 g/mol. The molecule has 0 saturated carbocycles. The van der Waals surface area contributed by atoms with Crippen molar-refractivity contribution in [3.63, 3.8) is 0 Å². The molecule has 3 rings (SSSR count). The number of pyridine rings is 1. The Labute approximate surface area is 130 Å². The van der Waals surface area contributed by atoms with Gasteiger partial charge in [-0.15, -0.1) is 11.3 Å². The molecule has 1 aromatic carbocycles. The molecule has 0 aliphatic carbocycles. The Bertz CT molecular complexity index is 754. The van der Waals surface area contributed by atoms with E-state index in [1.165, 1.54) is 4.88 Å². The summed E-state index contributed by atoms with van der Waals surface area (Å²) in [5, 5.41) is 3.10. The smallest absolute Gasteiger partial charge is 0.0724 e. The molecule has 3 nitrogen and oxygen atoms in total. The maximum Gasteiger partial charge on any atom is 0.0724 e. The van der Waals surface area contributed by atoms with Crippen LogP contribution < -0.4 is 10.6 Å². The lowest BCUT2D eigenvalue weighted by atomic mass is 10.1. The number of hydrogen-bond acceptors (Lipinski definition) is 4. The second-order valence-electron chi connectivity index (χ2n) is 4.66. The van der Waals surface area contributed by atoms with Gasteiger partial charge in [-0.25, -0.2) is 0 Å². The highest BCUT2D eigenvalue weighted by Crippen LogP contribution is 2.31. The van der Waals surface area contributed by atoms with Crippen LogP contribution in [-0.4, -0.2) is 12.0 Å². The number of rotatable bonds is 3. The number of halogens is 1. The van der Waals surface area contributed by atoms with Crippen LogP contribution >= 0.6 is 27.3 Å². The third-order valence-electron chi connectivity index (χ3n) is 3.23. The number of benzene rings is 1. The highest BCUT2D eigenvalue weighted by Gasteiger charge is 2.10. The van der Waals surface area contributed by atoms with Crippen molar-refractivity contribution in [2.75, 3.05) is 17.7 Å². The normalized spacial score (nSPS) is 10.9. The summed E-state index contributed by atoms with van der Waals surface area (Å²) in [6.07, 6.45) is 1.79. The molecule has 102 valence electrons. The van der Waals surface area contributed by atoms with E-state index in [-0.39, 0.29) is 0 Å². The van der Waals surface area contributed by atoms with Gasteiger partial charge in [-0.2, -0.15) is 0 Å². The Hall–Kier alpha value is -1.59. The molecule has 0 fully saturated rings. The largest absolute Gasteiger partial charge is 0.396 e. The van der Waals surface area contributed by atoms with Gasteiger partial charge in [0.1, 0.15) is 0 Å². The number of aromatic nitrogens is 1. The highest BCUT2D eigenvalue weighted by molar-refractivity contribution is 9.10. The second-order valence-corrected chi connectivity index (χ2v) is 6.57. The van der Waals surface area contributed by atoms with Gasteiger partial charge in [0.25, 0.3) is 0 Å². The fraction of sp³-hybridized carbons (Fsp3) is 0.133. The van der Waals surface area contributed by atoms with Crippen molar-refractivity contribution in [2.45, 2.75) is 6.54 Å². The maximum atomic E-state index is 6.29. The lowest BCUT2D eigenvalue weighted by Crippen LogP contribution is -2.17. The zero-order valence-electron chi connectivity index (χ0n) is 11.0. The van der Waals surface area contributed by atoms with E-state index in [1.54, 1.807) is 17.5 Å². The summed E-state index contributed by atoms with van der Waals surface area (Å²) in [6, 6.07) is 10.1. The minimum atomic E-state index is 0.786. The fourth-order valence-electron chi connectivity index (χ4n) is 2.25. The molecule has 0 amide bonds. The molecule has 2 N–H and O–H groups in total. The summed E-state index contributed by atoms with van der Waals surface area (Å²) in [5.41, 5.74) is 9.05. The van der Waals surface area contributed by atoms with Crippen molar-refractivity contribution in [2.24, 2.45) is 0 Å². The molecule has 3 aromatic rings. The summed E-state index contributed by atoms with van der Waals surface area (Å²) >= 11 is 5.22. The van der Waals surface area contributed by atoms with Gasteiger partial charge in [-0.1, -0.05) is 0 Å². The van der Waals surface area contributed by atoms with Crippen LogP contribution in [0.3, 0.4) is 0 Å². The molecular weight excluding hydrogens is 334 g/mol. The molecule has 0 unspecified atom stereocenters. The number of fused-ring (bicyclic) bond motifs is 1. The van der Waals surface area contributed by atoms with Crippen molar-refractivity contribution in [3.05, 3.63) is 51.3 Å². The van der Waals surface area contributed by atoms with E-state index in [0.29, 0.717) is 0 Å². The molecule has 0 aliphatic heterocycles. The van der Waals surface area contributed by atoms with Gasteiger partial charge in [0.05, 0.1) is 23.4 Å². The highest BCUT2D eigenvalue weighted by atomic mass is 79.9. The molecule has 0 atom stereocenters. The van der Waals surface area contributed by atoms with Gasteiger partial charge >= 0.3 is 0 Å². The molecule has 2 heterocycles. The van der Waals surface area contributed by atoms with E-state index in [0.717, 1.165) is 33.3 Å². The Morgan fingerprint density at radius 1 is 1.35 bits per heavy atom. The number of thiophene rings is 1. The molecule has 2 aromatic heterocycles. The zero-order valence-corrected chi connectivity index (χ0v) is 13.4.